The molecule has 1 heteroatoms. The lowest BCUT2D eigenvalue weighted by Crippen LogP contribution is -2.28. The van der Waals surface area contributed by atoms with Gasteiger partial charge in [0.25, 0.3) is 0 Å². The fourth-order valence-electron chi connectivity index (χ4n) is 2.10. The van der Waals surface area contributed by atoms with Crippen LogP contribution in [0.4, 0.5) is 0 Å². The van der Waals surface area contributed by atoms with E-state index in [1.807, 2.05) is 0 Å². The van der Waals surface area contributed by atoms with Gasteiger partial charge in [0.2, 0.25) is 0 Å². The molecule has 13 heavy (non-hydrogen) atoms. The molecule has 0 bridgehead atoms. The van der Waals surface area contributed by atoms with Crippen molar-refractivity contribution < 1.29 is 0 Å². The van der Waals surface area contributed by atoms with Crippen LogP contribution >= 0.6 is 0 Å². The lowest BCUT2D eigenvalue weighted by Gasteiger charge is -2.22. The third kappa shape index (κ3) is 3.51. The zero-order valence-electron chi connectivity index (χ0n) is 9.10. The molecule has 0 spiro atoms. The van der Waals surface area contributed by atoms with Crippen molar-refractivity contribution in [2.45, 2.75) is 57.9 Å². The number of unbranched alkanes of at least 4 members (excludes halogenated alkanes) is 1. The number of nitrogens with one attached hydrogen (secondary N) is 1. The minimum absolute atomic E-state index is 0.667. The van der Waals surface area contributed by atoms with E-state index in [4.69, 9.17) is 0 Å². The van der Waals surface area contributed by atoms with Crippen molar-refractivity contribution in [3.05, 3.63) is 11.6 Å². The summed E-state index contributed by atoms with van der Waals surface area (Å²) in [5.74, 6) is 0. The van der Waals surface area contributed by atoms with Crippen molar-refractivity contribution in [2.24, 2.45) is 0 Å². The predicted octanol–water partition coefficient (Wildman–Crippen LogP) is 3.27. The molecule has 0 amide bonds. The van der Waals surface area contributed by atoms with Crippen molar-refractivity contribution in [1.29, 1.82) is 0 Å². The molecule has 0 aliphatic heterocycles. The highest BCUT2D eigenvalue weighted by Gasteiger charge is 2.13. The van der Waals surface area contributed by atoms with Gasteiger partial charge < -0.3 is 5.32 Å². The number of hydrogen-bond acceptors (Lipinski definition) is 1. The standard InChI is InChI=1S/C12H23N/c1-3-4-10-12(13-2)11-8-6-5-7-9-11/h8,12-13H,3-7,9-10H2,1-2H3. The average Bonchev–Trinajstić information content (AvgIpc) is 2.21. The molecule has 0 radical (unpaired) electrons. The van der Waals surface area contributed by atoms with Gasteiger partial charge in [-0.05, 0) is 39.2 Å². The van der Waals surface area contributed by atoms with E-state index in [1.54, 1.807) is 5.57 Å². The zero-order chi connectivity index (χ0) is 9.52. The van der Waals surface area contributed by atoms with Crippen LogP contribution in [0.25, 0.3) is 0 Å². The quantitative estimate of drug-likeness (QED) is 0.642. The van der Waals surface area contributed by atoms with Crippen LogP contribution in [0.15, 0.2) is 11.6 Å². The summed E-state index contributed by atoms with van der Waals surface area (Å²) in [4.78, 5) is 0. The third-order valence-electron chi connectivity index (χ3n) is 2.97. The Kier molecular flexibility index (Phi) is 5.14. The van der Waals surface area contributed by atoms with Gasteiger partial charge in [-0.15, -0.1) is 0 Å². The summed E-state index contributed by atoms with van der Waals surface area (Å²) in [6, 6.07) is 0.667. The molecular formula is C12H23N. The highest BCUT2D eigenvalue weighted by molar-refractivity contribution is 5.12. The number of hydrogen-bond donors (Lipinski definition) is 1. The molecule has 1 aliphatic carbocycles. The Labute approximate surface area is 82.6 Å². The maximum absolute atomic E-state index is 3.44. The van der Waals surface area contributed by atoms with E-state index in [9.17, 15) is 0 Å². The van der Waals surface area contributed by atoms with Crippen LogP contribution in [0.1, 0.15) is 51.9 Å². The molecule has 1 N–H and O–H groups in total. The molecule has 0 saturated heterocycles. The summed E-state index contributed by atoms with van der Waals surface area (Å²) in [7, 11) is 2.09. The van der Waals surface area contributed by atoms with Crippen molar-refractivity contribution in [1.82, 2.24) is 5.32 Å². The van der Waals surface area contributed by atoms with E-state index >= 15 is 0 Å². The normalized spacial score (nSPS) is 19.7. The average molecular weight is 181 g/mol. The van der Waals surface area contributed by atoms with E-state index in [-0.39, 0.29) is 0 Å². The highest BCUT2D eigenvalue weighted by Crippen LogP contribution is 2.22. The van der Waals surface area contributed by atoms with Gasteiger partial charge in [0, 0.05) is 6.04 Å². The summed E-state index contributed by atoms with van der Waals surface area (Å²) in [6.07, 6.45) is 11.9. The predicted molar refractivity (Wildman–Crippen MR) is 58.9 cm³/mol. The van der Waals surface area contributed by atoms with Gasteiger partial charge in [-0.25, -0.2) is 0 Å². The second kappa shape index (κ2) is 6.20. The molecular weight excluding hydrogens is 158 g/mol. The molecule has 0 aromatic rings. The van der Waals surface area contributed by atoms with Gasteiger partial charge in [-0.1, -0.05) is 31.4 Å². The van der Waals surface area contributed by atoms with Crippen LogP contribution in [0.2, 0.25) is 0 Å². The fraction of sp³-hybridized carbons (Fsp3) is 0.833. The van der Waals surface area contributed by atoms with E-state index in [2.05, 4.69) is 25.4 Å². The minimum Gasteiger partial charge on any atom is -0.313 e. The maximum atomic E-state index is 3.44. The SMILES string of the molecule is CCCCC(NC)C1=CCCCC1. The first-order chi connectivity index (χ1) is 6.38. The Balaban J connectivity index is 2.39. The zero-order valence-corrected chi connectivity index (χ0v) is 9.10. The molecule has 0 saturated carbocycles. The van der Waals surface area contributed by atoms with E-state index in [0.717, 1.165) is 0 Å². The van der Waals surface area contributed by atoms with Crippen LogP contribution in [0.5, 0.6) is 0 Å². The number of rotatable bonds is 5. The first-order valence-corrected chi connectivity index (χ1v) is 5.74. The second-order valence-corrected chi connectivity index (χ2v) is 4.01. The van der Waals surface area contributed by atoms with E-state index < -0.39 is 0 Å². The lowest BCUT2D eigenvalue weighted by molar-refractivity contribution is 0.521. The molecule has 0 heterocycles. The smallest absolute Gasteiger partial charge is 0.0276 e. The van der Waals surface area contributed by atoms with Gasteiger partial charge >= 0.3 is 0 Å². The molecule has 0 aromatic carbocycles. The van der Waals surface area contributed by atoms with Crippen LogP contribution in [-0.4, -0.2) is 13.1 Å². The first kappa shape index (κ1) is 10.8. The number of allylic oxidation sites excluding steroid dienone is 1. The Morgan fingerprint density at radius 1 is 1.46 bits per heavy atom. The Hall–Kier alpha value is -0.300. The van der Waals surface area contributed by atoms with E-state index in [0.29, 0.717) is 6.04 Å². The molecule has 1 nitrogen and oxygen atoms in total. The Morgan fingerprint density at radius 2 is 2.31 bits per heavy atom. The van der Waals surface area contributed by atoms with Crippen molar-refractivity contribution in [3.63, 3.8) is 0 Å². The third-order valence-corrected chi connectivity index (χ3v) is 2.97. The molecule has 0 aromatic heterocycles. The summed E-state index contributed by atoms with van der Waals surface area (Å²) in [5.41, 5.74) is 1.67. The molecule has 76 valence electrons. The lowest BCUT2D eigenvalue weighted by atomic mass is 9.91. The molecule has 1 atom stereocenters. The van der Waals surface area contributed by atoms with Crippen LogP contribution in [0, 0.1) is 0 Å². The van der Waals surface area contributed by atoms with E-state index in [1.165, 1.54) is 44.9 Å². The van der Waals surface area contributed by atoms with Crippen molar-refractivity contribution >= 4 is 0 Å². The van der Waals surface area contributed by atoms with Crippen LogP contribution < -0.4 is 5.32 Å². The summed E-state index contributed by atoms with van der Waals surface area (Å²) in [5, 5.41) is 3.44. The van der Waals surface area contributed by atoms with Crippen LogP contribution in [0.3, 0.4) is 0 Å². The van der Waals surface area contributed by atoms with Crippen molar-refractivity contribution in [2.75, 3.05) is 7.05 Å². The minimum atomic E-state index is 0.667. The summed E-state index contributed by atoms with van der Waals surface area (Å²) in [6.45, 7) is 2.27. The maximum Gasteiger partial charge on any atom is 0.0276 e. The van der Waals surface area contributed by atoms with Gasteiger partial charge in [0.15, 0.2) is 0 Å². The largest absolute Gasteiger partial charge is 0.313 e. The first-order valence-electron chi connectivity index (χ1n) is 5.74. The topological polar surface area (TPSA) is 12.0 Å². The molecule has 1 aliphatic rings. The van der Waals surface area contributed by atoms with Crippen LogP contribution in [-0.2, 0) is 0 Å². The van der Waals surface area contributed by atoms with Gasteiger partial charge in [0.1, 0.15) is 0 Å². The van der Waals surface area contributed by atoms with Gasteiger partial charge in [-0.3, -0.25) is 0 Å². The molecule has 1 rings (SSSR count). The Morgan fingerprint density at radius 3 is 2.85 bits per heavy atom. The fourth-order valence-corrected chi connectivity index (χ4v) is 2.10. The van der Waals surface area contributed by atoms with Gasteiger partial charge in [-0.2, -0.15) is 0 Å². The molecule has 1 unspecified atom stereocenters. The Bertz CT molecular complexity index is 161. The number of likely N-dealkylation sites (N-methyl/N-ethyl adjacent to an activating group) is 1. The summed E-state index contributed by atoms with van der Waals surface area (Å²) >= 11 is 0. The summed E-state index contributed by atoms with van der Waals surface area (Å²) < 4.78 is 0. The van der Waals surface area contributed by atoms with Gasteiger partial charge in [0.05, 0.1) is 0 Å². The van der Waals surface area contributed by atoms with Crippen molar-refractivity contribution in [3.8, 4) is 0 Å². The second-order valence-electron chi connectivity index (χ2n) is 4.01. The molecule has 0 fully saturated rings. The highest BCUT2D eigenvalue weighted by atomic mass is 14.9. The monoisotopic (exact) mass is 181 g/mol.